The second-order valence-electron chi connectivity index (χ2n) is 3.31. The maximum absolute atomic E-state index is 8.99. The maximum Gasteiger partial charge on any atom is 0.0962 e. The molecule has 0 N–H and O–H groups in total. The summed E-state index contributed by atoms with van der Waals surface area (Å²) in [6.07, 6.45) is 1.57. The lowest BCUT2D eigenvalue weighted by atomic mass is 10.1. The van der Waals surface area contributed by atoms with Gasteiger partial charge in [-0.05, 0) is 30.2 Å². The first-order valence-corrected chi connectivity index (χ1v) is 6.38. The molecule has 0 bridgehead atoms. The fourth-order valence-corrected chi connectivity index (χ4v) is 2.43. The predicted octanol–water partition coefficient (Wildman–Crippen LogP) is 5.38. The lowest BCUT2D eigenvalue weighted by Crippen LogP contribution is -1.86. The van der Waals surface area contributed by atoms with Crippen LogP contribution in [0.1, 0.15) is 25.3 Å². The monoisotopic (exact) mass is 317 g/mol. The van der Waals surface area contributed by atoms with E-state index in [1.165, 1.54) is 0 Å². The van der Waals surface area contributed by atoms with Crippen molar-refractivity contribution in [2.24, 2.45) is 0 Å². The molecule has 0 amide bonds. The average molecular weight is 319 g/mol. The molecule has 1 rings (SSSR count). The minimum atomic E-state index is 0.479. The number of nitriles is 1. The highest BCUT2D eigenvalue weighted by atomic mass is 79.9. The molecule has 1 aromatic carbocycles. The Labute approximate surface area is 114 Å². The van der Waals surface area contributed by atoms with E-state index in [4.69, 9.17) is 28.5 Å². The molecule has 0 fully saturated rings. The molecule has 0 heterocycles. The number of allylic oxidation sites excluding steroid dienone is 1. The highest BCUT2D eigenvalue weighted by Gasteiger charge is 2.07. The average Bonchev–Trinajstić information content (AvgIpc) is 2.23. The summed E-state index contributed by atoms with van der Waals surface area (Å²) < 4.78 is 0.849. The van der Waals surface area contributed by atoms with Gasteiger partial charge in [-0.3, -0.25) is 0 Å². The van der Waals surface area contributed by atoms with Crippen molar-refractivity contribution in [1.82, 2.24) is 0 Å². The van der Waals surface area contributed by atoms with Gasteiger partial charge in [0, 0.05) is 15.1 Å². The van der Waals surface area contributed by atoms with Crippen LogP contribution >= 0.6 is 39.1 Å². The van der Waals surface area contributed by atoms with Crippen molar-refractivity contribution in [3.8, 4) is 6.07 Å². The SMILES string of the molecule is CCC/C(C#N)=C(/Cl)c1cc(Cl)cc(Br)c1. The van der Waals surface area contributed by atoms with E-state index in [-0.39, 0.29) is 0 Å². The van der Waals surface area contributed by atoms with Gasteiger partial charge >= 0.3 is 0 Å². The lowest BCUT2D eigenvalue weighted by molar-refractivity contribution is 0.933. The number of nitrogens with zero attached hydrogens (tertiary/aromatic N) is 1. The van der Waals surface area contributed by atoms with Crippen molar-refractivity contribution < 1.29 is 0 Å². The fraction of sp³-hybridized carbons (Fsp3) is 0.250. The highest BCUT2D eigenvalue weighted by Crippen LogP contribution is 2.30. The highest BCUT2D eigenvalue weighted by molar-refractivity contribution is 9.10. The van der Waals surface area contributed by atoms with Crippen LogP contribution < -0.4 is 0 Å². The van der Waals surface area contributed by atoms with E-state index in [9.17, 15) is 0 Å². The first-order valence-electron chi connectivity index (χ1n) is 4.83. The molecule has 1 aromatic rings. The summed E-state index contributed by atoms with van der Waals surface area (Å²) >= 11 is 15.4. The Bertz CT molecular complexity index is 440. The van der Waals surface area contributed by atoms with Crippen LogP contribution in [0.25, 0.3) is 5.03 Å². The quantitative estimate of drug-likeness (QED) is 0.687. The zero-order chi connectivity index (χ0) is 12.1. The molecule has 1 nitrogen and oxygen atoms in total. The van der Waals surface area contributed by atoms with Gasteiger partial charge in [0.15, 0.2) is 0 Å². The topological polar surface area (TPSA) is 23.8 Å². The second-order valence-corrected chi connectivity index (χ2v) is 5.04. The smallest absolute Gasteiger partial charge is 0.0962 e. The van der Waals surface area contributed by atoms with Crippen LogP contribution in [0.4, 0.5) is 0 Å². The Morgan fingerprint density at radius 2 is 2.12 bits per heavy atom. The van der Waals surface area contributed by atoms with Gasteiger partial charge in [-0.2, -0.15) is 5.26 Å². The zero-order valence-electron chi connectivity index (χ0n) is 8.73. The third-order valence-electron chi connectivity index (χ3n) is 2.02. The van der Waals surface area contributed by atoms with E-state index in [2.05, 4.69) is 22.0 Å². The Morgan fingerprint density at radius 3 is 2.62 bits per heavy atom. The molecule has 0 unspecified atom stereocenters. The third-order valence-corrected chi connectivity index (χ3v) is 3.14. The molecule has 0 saturated heterocycles. The van der Waals surface area contributed by atoms with Gasteiger partial charge in [-0.15, -0.1) is 0 Å². The molecule has 0 aliphatic heterocycles. The standard InChI is InChI=1S/C12H10BrCl2N/c1-2-3-8(7-16)12(15)9-4-10(13)6-11(14)5-9/h4-6H,2-3H2,1H3/b12-8-. The molecule has 0 spiro atoms. The van der Waals surface area contributed by atoms with Crippen molar-refractivity contribution in [1.29, 1.82) is 5.26 Å². The van der Waals surface area contributed by atoms with Gasteiger partial charge in [-0.1, -0.05) is 52.5 Å². The molecule has 0 atom stereocenters. The molecule has 0 saturated carbocycles. The summed E-state index contributed by atoms with van der Waals surface area (Å²) in [5, 5.41) is 10.1. The molecule has 84 valence electrons. The third kappa shape index (κ3) is 3.52. The predicted molar refractivity (Wildman–Crippen MR) is 72.4 cm³/mol. The summed E-state index contributed by atoms with van der Waals surface area (Å²) in [6.45, 7) is 2.01. The van der Waals surface area contributed by atoms with Crippen LogP contribution in [0.5, 0.6) is 0 Å². The van der Waals surface area contributed by atoms with E-state index in [0.717, 1.165) is 16.5 Å². The summed E-state index contributed by atoms with van der Waals surface area (Å²) in [5.41, 5.74) is 1.37. The van der Waals surface area contributed by atoms with Crippen LogP contribution in [0.3, 0.4) is 0 Å². The molecule has 4 heteroatoms. The molecule has 0 aromatic heterocycles. The Morgan fingerprint density at radius 1 is 1.44 bits per heavy atom. The molecule has 16 heavy (non-hydrogen) atoms. The van der Waals surface area contributed by atoms with Gasteiger partial charge in [0.05, 0.1) is 11.1 Å². The van der Waals surface area contributed by atoms with Gasteiger partial charge in [0.1, 0.15) is 0 Å². The van der Waals surface area contributed by atoms with E-state index >= 15 is 0 Å². The fourth-order valence-electron chi connectivity index (χ4n) is 1.32. The van der Waals surface area contributed by atoms with Crippen molar-refractivity contribution in [2.45, 2.75) is 19.8 Å². The van der Waals surface area contributed by atoms with Gasteiger partial charge in [0.25, 0.3) is 0 Å². The van der Waals surface area contributed by atoms with Crippen LogP contribution in [-0.2, 0) is 0 Å². The lowest BCUT2D eigenvalue weighted by Gasteiger charge is -2.04. The molecule has 0 radical (unpaired) electrons. The summed E-state index contributed by atoms with van der Waals surface area (Å²) in [7, 11) is 0. The molecular weight excluding hydrogens is 309 g/mol. The van der Waals surface area contributed by atoms with Gasteiger partial charge < -0.3 is 0 Å². The van der Waals surface area contributed by atoms with Crippen molar-refractivity contribution in [3.05, 3.63) is 38.8 Å². The molecule has 0 aliphatic rings. The molecular formula is C12H10BrCl2N. The van der Waals surface area contributed by atoms with E-state index in [1.807, 2.05) is 13.0 Å². The van der Waals surface area contributed by atoms with Crippen LogP contribution in [0.2, 0.25) is 5.02 Å². The number of hydrogen-bond donors (Lipinski definition) is 0. The Hall–Kier alpha value is -0.490. The van der Waals surface area contributed by atoms with Gasteiger partial charge in [-0.25, -0.2) is 0 Å². The zero-order valence-corrected chi connectivity index (χ0v) is 11.8. The van der Waals surface area contributed by atoms with E-state index in [0.29, 0.717) is 22.0 Å². The summed E-state index contributed by atoms with van der Waals surface area (Å²) in [6, 6.07) is 7.51. The summed E-state index contributed by atoms with van der Waals surface area (Å²) in [5.74, 6) is 0. The molecule has 0 aliphatic carbocycles. The Kier molecular flexibility index (Phi) is 5.34. The number of rotatable bonds is 3. The number of benzene rings is 1. The van der Waals surface area contributed by atoms with Crippen LogP contribution in [-0.4, -0.2) is 0 Å². The maximum atomic E-state index is 8.99. The summed E-state index contributed by atoms with van der Waals surface area (Å²) in [4.78, 5) is 0. The minimum Gasteiger partial charge on any atom is -0.193 e. The van der Waals surface area contributed by atoms with Crippen molar-refractivity contribution >= 4 is 44.2 Å². The second kappa shape index (κ2) is 6.30. The van der Waals surface area contributed by atoms with Crippen LogP contribution in [0.15, 0.2) is 28.2 Å². The Balaban J connectivity index is 3.22. The largest absolute Gasteiger partial charge is 0.193 e. The van der Waals surface area contributed by atoms with E-state index in [1.54, 1.807) is 12.1 Å². The van der Waals surface area contributed by atoms with E-state index < -0.39 is 0 Å². The van der Waals surface area contributed by atoms with Crippen LogP contribution in [0, 0.1) is 11.3 Å². The normalized spacial score (nSPS) is 11.9. The van der Waals surface area contributed by atoms with Gasteiger partial charge in [0.2, 0.25) is 0 Å². The van der Waals surface area contributed by atoms with Crippen molar-refractivity contribution in [3.63, 3.8) is 0 Å². The first-order chi connectivity index (χ1) is 7.58. The number of halogens is 3. The minimum absolute atomic E-state index is 0.479. The first kappa shape index (κ1) is 13.6. The number of hydrogen-bond acceptors (Lipinski definition) is 1. The van der Waals surface area contributed by atoms with Crippen molar-refractivity contribution in [2.75, 3.05) is 0 Å².